The summed E-state index contributed by atoms with van der Waals surface area (Å²) in [4.78, 5) is 23.0. The molecule has 0 heterocycles. The zero-order valence-corrected chi connectivity index (χ0v) is 12.9. The molecule has 0 radical (unpaired) electrons. The highest BCUT2D eigenvalue weighted by Crippen LogP contribution is 2.30. The van der Waals surface area contributed by atoms with Crippen LogP contribution >= 0.6 is 0 Å². The third kappa shape index (κ3) is 4.46. The van der Waals surface area contributed by atoms with Crippen LogP contribution in [0, 0.1) is 5.41 Å². The van der Waals surface area contributed by atoms with E-state index in [0.717, 1.165) is 0 Å². The van der Waals surface area contributed by atoms with Crippen molar-refractivity contribution in [3.8, 4) is 5.75 Å². The fourth-order valence-corrected chi connectivity index (χ4v) is 1.40. The number of ether oxygens (including phenoxy) is 1. The van der Waals surface area contributed by atoms with Gasteiger partial charge in [-0.05, 0) is 39.8 Å². The molecule has 0 saturated carbocycles. The van der Waals surface area contributed by atoms with E-state index in [1.165, 1.54) is 0 Å². The normalized spacial score (nSPS) is 11.9. The Morgan fingerprint density at radius 1 is 1.24 bits per heavy atom. The Morgan fingerprint density at radius 2 is 1.86 bits per heavy atom. The van der Waals surface area contributed by atoms with Crippen molar-refractivity contribution < 1.29 is 14.3 Å². The number of benzene rings is 1. The van der Waals surface area contributed by atoms with Crippen LogP contribution in [0.3, 0.4) is 0 Å². The lowest BCUT2D eigenvalue weighted by Crippen LogP contribution is -2.53. The first-order chi connectivity index (χ1) is 9.54. The number of hydrogen-bond acceptors (Lipinski definition) is 4. The van der Waals surface area contributed by atoms with Crippen LogP contribution < -0.4 is 21.5 Å². The van der Waals surface area contributed by atoms with Crippen LogP contribution in [0.2, 0.25) is 0 Å². The third-order valence-corrected chi connectivity index (χ3v) is 3.65. The second kappa shape index (κ2) is 6.13. The fourth-order valence-electron chi connectivity index (χ4n) is 1.40. The zero-order valence-electron chi connectivity index (χ0n) is 12.9. The predicted molar refractivity (Wildman–Crippen MR) is 81.8 cm³/mol. The van der Waals surface area contributed by atoms with E-state index in [1.807, 2.05) is 0 Å². The average molecular weight is 293 g/mol. The van der Waals surface area contributed by atoms with Crippen molar-refractivity contribution in [3.05, 3.63) is 24.3 Å². The van der Waals surface area contributed by atoms with Gasteiger partial charge in [-0.3, -0.25) is 9.59 Å². The zero-order chi connectivity index (χ0) is 16.3. The minimum absolute atomic E-state index is 0.193. The molecule has 1 aromatic rings. The standard InChI is InChI=1S/C15H23N3O3/c1-14(2,15(3,4)17)13(20)18-10-6-5-7-11(8-10)21-9-12(16)19/h5-8H,9,17H2,1-4H3,(H2,16,19)(H,18,20). The Balaban J connectivity index is 2.82. The summed E-state index contributed by atoms with van der Waals surface area (Å²) in [6.07, 6.45) is 0. The lowest BCUT2D eigenvalue weighted by atomic mass is 9.74. The van der Waals surface area contributed by atoms with Crippen LogP contribution in [0.5, 0.6) is 5.75 Å². The Bertz CT molecular complexity index is 533. The van der Waals surface area contributed by atoms with Gasteiger partial charge in [0.1, 0.15) is 5.75 Å². The summed E-state index contributed by atoms with van der Waals surface area (Å²) in [6.45, 7) is 6.97. The number of nitrogens with one attached hydrogen (secondary N) is 1. The SMILES string of the molecule is CC(C)(N)C(C)(C)C(=O)Nc1cccc(OCC(N)=O)c1. The van der Waals surface area contributed by atoms with Gasteiger partial charge in [-0.1, -0.05) is 6.07 Å². The average Bonchev–Trinajstić information content (AvgIpc) is 2.35. The lowest BCUT2D eigenvalue weighted by Gasteiger charge is -2.36. The van der Waals surface area contributed by atoms with Crippen molar-refractivity contribution in [2.75, 3.05) is 11.9 Å². The number of anilines is 1. The highest BCUT2D eigenvalue weighted by molar-refractivity contribution is 5.95. The molecule has 0 spiro atoms. The molecule has 0 saturated heterocycles. The first-order valence-corrected chi connectivity index (χ1v) is 6.65. The van der Waals surface area contributed by atoms with Gasteiger partial charge in [-0.2, -0.15) is 0 Å². The Kier molecular flexibility index (Phi) is 4.96. The van der Waals surface area contributed by atoms with E-state index in [1.54, 1.807) is 52.0 Å². The molecule has 5 N–H and O–H groups in total. The molecule has 0 atom stereocenters. The molecule has 0 aliphatic heterocycles. The summed E-state index contributed by atoms with van der Waals surface area (Å²) in [6, 6.07) is 6.75. The summed E-state index contributed by atoms with van der Waals surface area (Å²) in [5, 5.41) is 2.80. The first-order valence-electron chi connectivity index (χ1n) is 6.65. The minimum atomic E-state index is -0.753. The molecule has 0 aliphatic carbocycles. The highest BCUT2D eigenvalue weighted by Gasteiger charge is 2.40. The number of hydrogen-bond donors (Lipinski definition) is 3. The van der Waals surface area contributed by atoms with Crippen LogP contribution in [0.1, 0.15) is 27.7 Å². The fraction of sp³-hybridized carbons (Fsp3) is 0.467. The lowest BCUT2D eigenvalue weighted by molar-refractivity contribution is -0.126. The van der Waals surface area contributed by atoms with Gasteiger partial charge in [0.15, 0.2) is 6.61 Å². The molecule has 6 nitrogen and oxygen atoms in total. The number of primary amides is 1. The molecule has 0 fully saturated rings. The van der Waals surface area contributed by atoms with Crippen LogP contribution in [-0.4, -0.2) is 24.0 Å². The van der Waals surface area contributed by atoms with Crippen LogP contribution in [0.4, 0.5) is 5.69 Å². The maximum Gasteiger partial charge on any atom is 0.255 e. The Hall–Kier alpha value is -2.08. The van der Waals surface area contributed by atoms with Gasteiger partial charge >= 0.3 is 0 Å². The summed E-state index contributed by atoms with van der Waals surface area (Å²) in [5.41, 5.74) is 10.2. The molecule has 0 unspecified atom stereocenters. The molecule has 0 aromatic heterocycles. The number of nitrogens with two attached hydrogens (primary N) is 2. The second-order valence-electron chi connectivity index (χ2n) is 6.08. The van der Waals surface area contributed by atoms with Crippen molar-refractivity contribution in [2.45, 2.75) is 33.2 Å². The molecule has 21 heavy (non-hydrogen) atoms. The van der Waals surface area contributed by atoms with E-state index in [0.29, 0.717) is 11.4 Å². The van der Waals surface area contributed by atoms with Crippen molar-refractivity contribution >= 4 is 17.5 Å². The van der Waals surface area contributed by atoms with Gasteiger partial charge in [-0.25, -0.2) is 0 Å². The van der Waals surface area contributed by atoms with Gasteiger partial charge in [0, 0.05) is 17.3 Å². The quantitative estimate of drug-likeness (QED) is 0.733. The molecular formula is C15H23N3O3. The van der Waals surface area contributed by atoms with Gasteiger partial charge < -0.3 is 21.5 Å². The molecule has 1 rings (SSSR count). The van der Waals surface area contributed by atoms with Gasteiger partial charge in [0.05, 0.1) is 5.41 Å². The molecule has 1 aromatic carbocycles. The maximum atomic E-state index is 12.4. The minimum Gasteiger partial charge on any atom is -0.484 e. The van der Waals surface area contributed by atoms with E-state index < -0.39 is 16.9 Å². The van der Waals surface area contributed by atoms with Crippen LogP contribution in [0.25, 0.3) is 0 Å². The smallest absolute Gasteiger partial charge is 0.255 e. The maximum absolute atomic E-state index is 12.4. The number of amides is 2. The summed E-state index contributed by atoms with van der Waals surface area (Å²) in [7, 11) is 0. The summed E-state index contributed by atoms with van der Waals surface area (Å²) < 4.78 is 5.19. The molecule has 116 valence electrons. The molecule has 2 amide bonds. The van der Waals surface area contributed by atoms with E-state index in [4.69, 9.17) is 16.2 Å². The van der Waals surface area contributed by atoms with Crippen molar-refractivity contribution in [2.24, 2.45) is 16.9 Å². The van der Waals surface area contributed by atoms with Crippen molar-refractivity contribution in [1.82, 2.24) is 0 Å². The molecular weight excluding hydrogens is 270 g/mol. The van der Waals surface area contributed by atoms with E-state index in [2.05, 4.69) is 5.32 Å². The Labute approximate surface area is 124 Å². The van der Waals surface area contributed by atoms with Gasteiger partial charge in [0.25, 0.3) is 5.91 Å². The summed E-state index contributed by atoms with van der Waals surface area (Å²) in [5.74, 6) is -0.297. The van der Waals surface area contributed by atoms with Crippen LogP contribution in [0.15, 0.2) is 24.3 Å². The summed E-state index contributed by atoms with van der Waals surface area (Å²) >= 11 is 0. The first kappa shape index (κ1) is 17.0. The molecule has 6 heteroatoms. The molecule has 0 bridgehead atoms. The van der Waals surface area contributed by atoms with E-state index in [9.17, 15) is 9.59 Å². The second-order valence-corrected chi connectivity index (χ2v) is 6.08. The van der Waals surface area contributed by atoms with Crippen LogP contribution in [-0.2, 0) is 9.59 Å². The highest BCUT2D eigenvalue weighted by atomic mass is 16.5. The van der Waals surface area contributed by atoms with Gasteiger partial charge in [0.2, 0.25) is 5.91 Å². The monoisotopic (exact) mass is 293 g/mol. The number of carbonyl (C=O) groups is 2. The van der Waals surface area contributed by atoms with Gasteiger partial charge in [-0.15, -0.1) is 0 Å². The number of carbonyl (C=O) groups excluding carboxylic acids is 2. The third-order valence-electron chi connectivity index (χ3n) is 3.65. The van der Waals surface area contributed by atoms with Crippen molar-refractivity contribution in [1.29, 1.82) is 0 Å². The van der Waals surface area contributed by atoms with E-state index in [-0.39, 0.29) is 12.5 Å². The van der Waals surface area contributed by atoms with Crippen molar-refractivity contribution in [3.63, 3.8) is 0 Å². The molecule has 0 aliphatic rings. The van der Waals surface area contributed by atoms with E-state index >= 15 is 0 Å². The predicted octanol–water partition coefficient (Wildman–Crippen LogP) is 1.25. The Morgan fingerprint density at radius 3 is 2.38 bits per heavy atom. The largest absolute Gasteiger partial charge is 0.484 e. The number of rotatable bonds is 6. The topological polar surface area (TPSA) is 107 Å².